The molecule has 0 atom stereocenters. The Hall–Kier alpha value is -2.03. The molecule has 0 aliphatic carbocycles. The van der Waals surface area contributed by atoms with Crippen LogP contribution < -0.4 is 10.6 Å². The van der Waals surface area contributed by atoms with Gasteiger partial charge in [0.25, 0.3) is 0 Å². The molecule has 2 rings (SSSR count). The van der Waals surface area contributed by atoms with E-state index in [0.29, 0.717) is 5.82 Å². The topological polar surface area (TPSA) is 42.1 Å². The maximum absolute atomic E-state index is 5.54. The Morgan fingerprint density at radius 3 is 2.50 bits per heavy atom. The van der Waals surface area contributed by atoms with Gasteiger partial charge in [-0.25, -0.2) is 4.98 Å². The molecule has 16 heavy (non-hydrogen) atoms. The minimum Gasteiger partial charge on any atom is -0.384 e. The number of anilines is 2. The fourth-order valence-corrected chi connectivity index (χ4v) is 1.58. The molecule has 1 aromatic heterocycles. The summed E-state index contributed by atoms with van der Waals surface area (Å²) in [5.74, 6) is 0.561. The minimum atomic E-state index is 0.561. The number of aromatic nitrogens is 1. The molecular weight excluding hydrogens is 198 g/mol. The van der Waals surface area contributed by atoms with Crippen LogP contribution in [0.15, 0.2) is 48.7 Å². The van der Waals surface area contributed by atoms with Crippen LogP contribution in [0, 0.1) is 0 Å². The zero-order chi connectivity index (χ0) is 11.4. The smallest absolute Gasteiger partial charge is 0.123 e. The van der Waals surface area contributed by atoms with Crippen LogP contribution in [-0.4, -0.2) is 12.0 Å². The van der Waals surface area contributed by atoms with Crippen molar-refractivity contribution in [1.29, 1.82) is 0 Å². The lowest BCUT2D eigenvalue weighted by Gasteiger charge is -2.19. The van der Waals surface area contributed by atoms with Gasteiger partial charge in [0.2, 0.25) is 0 Å². The Labute approximate surface area is 95.5 Å². The van der Waals surface area contributed by atoms with E-state index in [1.54, 1.807) is 0 Å². The van der Waals surface area contributed by atoms with Crippen molar-refractivity contribution < 1.29 is 0 Å². The SMILES string of the molecule is CN(Cc1ccc(N)nc1)c1ccccc1. The number of pyridine rings is 1. The Bertz CT molecular complexity index is 436. The molecule has 0 unspecified atom stereocenters. The quantitative estimate of drug-likeness (QED) is 0.850. The molecule has 82 valence electrons. The van der Waals surface area contributed by atoms with Gasteiger partial charge in [-0.05, 0) is 23.8 Å². The van der Waals surface area contributed by atoms with Gasteiger partial charge in [0.1, 0.15) is 5.82 Å². The molecule has 1 aromatic carbocycles. The van der Waals surface area contributed by atoms with E-state index in [-0.39, 0.29) is 0 Å². The molecule has 3 heteroatoms. The van der Waals surface area contributed by atoms with Crippen molar-refractivity contribution in [3.8, 4) is 0 Å². The number of hydrogen-bond donors (Lipinski definition) is 1. The molecule has 0 bridgehead atoms. The molecule has 2 N–H and O–H groups in total. The Morgan fingerprint density at radius 1 is 1.12 bits per heavy atom. The van der Waals surface area contributed by atoms with E-state index in [9.17, 15) is 0 Å². The summed E-state index contributed by atoms with van der Waals surface area (Å²) in [4.78, 5) is 6.25. The van der Waals surface area contributed by atoms with Crippen LogP contribution in [0.5, 0.6) is 0 Å². The first-order valence-electron chi connectivity index (χ1n) is 5.22. The van der Waals surface area contributed by atoms with Gasteiger partial charge in [0, 0.05) is 25.5 Å². The summed E-state index contributed by atoms with van der Waals surface area (Å²) in [6, 6.07) is 14.1. The molecule has 1 heterocycles. The lowest BCUT2D eigenvalue weighted by Crippen LogP contribution is -2.16. The van der Waals surface area contributed by atoms with Gasteiger partial charge in [-0.2, -0.15) is 0 Å². The number of para-hydroxylation sites is 1. The average molecular weight is 213 g/mol. The van der Waals surface area contributed by atoms with E-state index in [1.165, 1.54) is 5.69 Å². The van der Waals surface area contributed by atoms with E-state index in [0.717, 1.165) is 12.1 Å². The number of benzene rings is 1. The lowest BCUT2D eigenvalue weighted by molar-refractivity contribution is 0.916. The van der Waals surface area contributed by atoms with E-state index in [4.69, 9.17) is 5.73 Å². The van der Waals surface area contributed by atoms with Gasteiger partial charge in [-0.15, -0.1) is 0 Å². The van der Waals surface area contributed by atoms with Gasteiger partial charge in [0.05, 0.1) is 0 Å². The fourth-order valence-electron chi connectivity index (χ4n) is 1.58. The van der Waals surface area contributed by atoms with Crippen LogP contribution >= 0.6 is 0 Å². The molecule has 0 radical (unpaired) electrons. The zero-order valence-electron chi connectivity index (χ0n) is 9.30. The third kappa shape index (κ3) is 2.51. The third-order valence-corrected chi connectivity index (χ3v) is 2.46. The molecule has 0 fully saturated rings. The number of rotatable bonds is 3. The second kappa shape index (κ2) is 4.66. The number of nitrogens with zero attached hydrogens (tertiary/aromatic N) is 2. The van der Waals surface area contributed by atoms with Crippen molar-refractivity contribution in [2.45, 2.75) is 6.54 Å². The second-order valence-electron chi connectivity index (χ2n) is 3.78. The van der Waals surface area contributed by atoms with E-state index in [1.807, 2.05) is 36.5 Å². The number of nitrogen functional groups attached to an aromatic ring is 1. The van der Waals surface area contributed by atoms with Gasteiger partial charge in [-0.1, -0.05) is 24.3 Å². The summed E-state index contributed by atoms with van der Waals surface area (Å²) in [5.41, 5.74) is 7.89. The standard InChI is InChI=1S/C13H15N3/c1-16(12-5-3-2-4-6-12)10-11-7-8-13(14)15-9-11/h2-9H,10H2,1H3,(H2,14,15). The van der Waals surface area contributed by atoms with Crippen molar-refractivity contribution in [3.05, 3.63) is 54.2 Å². The monoisotopic (exact) mass is 213 g/mol. The summed E-state index contributed by atoms with van der Waals surface area (Å²) in [5, 5.41) is 0. The summed E-state index contributed by atoms with van der Waals surface area (Å²) >= 11 is 0. The summed E-state index contributed by atoms with van der Waals surface area (Å²) < 4.78 is 0. The Kier molecular flexibility index (Phi) is 3.05. The van der Waals surface area contributed by atoms with Crippen molar-refractivity contribution >= 4 is 11.5 Å². The summed E-state index contributed by atoms with van der Waals surface area (Å²) in [6.45, 7) is 0.831. The van der Waals surface area contributed by atoms with Crippen LogP contribution in [0.25, 0.3) is 0 Å². The molecule has 0 saturated carbocycles. The molecule has 3 nitrogen and oxygen atoms in total. The molecule has 2 aromatic rings. The highest BCUT2D eigenvalue weighted by atomic mass is 15.1. The van der Waals surface area contributed by atoms with Crippen molar-refractivity contribution in [2.24, 2.45) is 0 Å². The molecule has 0 amide bonds. The first-order valence-corrected chi connectivity index (χ1v) is 5.22. The average Bonchev–Trinajstić information content (AvgIpc) is 2.33. The maximum atomic E-state index is 5.54. The number of nitrogens with two attached hydrogens (primary N) is 1. The van der Waals surface area contributed by atoms with Crippen LogP contribution in [-0.2, 0) is 6.54 Å². The third-order valence-electron chi connectivity index (χ3n) is 2.46. The van der Waals surface area contributed by atoms with E-state index >= 15 is 0 Å². The highest BCUT2D eigenvalue weighted by Crippen LogP contribution is 2.14. The van der Waals surface area contributed by atoms with Crippen LogP contribution in [0.3, 0.4) is 0 Å². The first kappa shape index (κ1) is 10.5. The summed E-state index contributed by atoms with van der Waals surface area (Å²) in [7, 11) is 2.06. The highest BCUT2D eigenvalue weighted by molar-refractivity contribution is 5.45. The van der Waals surface area contributed by atoms with Crippen LogP contribution in [0.2, 0.25) is 0 Å². The van der Waals surface area contributed by atoms with Gasteiger partial charge in [0.15, 0.2) is 0 Å². The fraction of sp³-hybridized carbons (Fsp3) is 0.154. The van der Waals surface area contributed by atoms with Crippen molar-refractivity contribution in [1.82, 2.24) is 4.98 Å². The Balaban J connectivity index is 2.08. The molecular formula is C13H15N3. The van der Waals surface area contributed by atoms with Crippen LogP contribution in [0.4, 0.5) is 11.5 Å². The van der Waals surface area contributed by atoms with Gasteiger partial charge >= 0.3 is 0 Å². The normalized spacial score (nSPS) is 10.1. The lowest BCUT2D eigenvalue weighted by atomic mass is 10.2. The Morgan fingerprint density at radius 2 is 1.88 bits per heavy atom. The zero-order valence-corrected chi connectivity index (χ0v) is 9.30. The minimum absolute atomic E-state index is 0.561. The predicted molar refractivity (Wildman–Crippen MR) is 67.2 cm³/mol. The number of hydrogen-bond acceptors (Lipinski definition) is 3. The van der Waals surface area contributed by atoms with Gasteiger partial charge in [-0.3, -0.25) is 0 Å². The predicted octanol–water partition coefficient (Wildman–Crippen LogP) is 2.30. The summed E-state index contributed by atoms with van der Waals surface area (Å²) in [6.07, 6.45) is 1.81. The molecule has 0 aliphatic heterocycles. The van der Waals surface area contributed by atoms with E-state index < -0.39 is 0 Å². The highest BCUT2D eigenvalue weighted by Gasteiger charge is 2.01. The molecule has 0 saturated heterocycles. The maximum Gasteiger partial charge on any atom is 0.123 e. The largest absolute Gasteiger partial charge is 0.384 e. The van der Waals surface area contributed by atoms with Crippen LogP contribution in [0.1, 0.15) is 5.56 Å². The first-order chi connectivity index (χ1) is 7.75. The van der Waals surface area contributed by atoms with E-state index in [2.05, 4.69) is 29.1 Å². The molecule has 0 spiro atoms. The van der Waals surface area contributed by atoms with Crippen molar-refractivity contribution in [2.75, 3.05) is 17.7 Å². The van der Waals surface area contributed by atoms with Gasteiger partial charge < -0.3 is 10.6 Å². The molecule has 0 aliphatic rings. The van der Waals surface area contributed by atoms with Crippen molar-refractivity contribution in [3.63, 3.8) is 0 Å². The second-order valence-corrected chi connectivity index (χ2v) is 3.78.